The number of carbonyl (C=O) groups is 1. The van der Waals surface area contributed by atoms with Gasteiger partial charge in [0.25, 0.3) is 0 Å². The van der Waals surface area contributed by atoms with Crippen molar-refractivity contribution in [2.75, 3.05) is 0 Å². The average Bonchev–Trinajstić information content (AvgIpc) is 3.25. The molecular weight excluding hydrogens is 280 g/mol. The molecule has 0 aliphatic carbocycles. The van der Waals surface area contributed by atoms with Gasteiger partial charge in [0.2, 0.25) is 5.91 Å². The first-order valence-electron chi connectivity index (χ1n) is 6.94. The maximum Gasteiger partial charge on any atom is 0.244 e. The van der Waals surface area contributed by atoms with Gasteiger partial charge < -0.3 is 9.88 Å². The molecule has 1 atom stereocenters. The lowest BCUT2D eigenvalue weighted by Crippen LogP contribution is -2.31. The number of hydrogen-bond acceptors (Lipinski definition) is 4. The van der Waals surface area contributed by atoms with Gasteiger partial charge in [-0.3, -0.25) is 4.79 Å². The molecule has 0 spiro atoms. The van der Waals surface area contributed by atoms with E-state index in [9.17, 15) is 4.79 Å². The second-order valence-corrected chi connectivity index (χ2v) is 4.87. The summed E-state index contributed by atoms with van der Waals surface area (Å²) in [5.41, 5.74) is 2.01. The Balaban J connectivity index is 1.71. The van der Waals surface area contributed by atoms with Crippen LogP contribution in [0.5, 0.6) is 0 Å². The number of benzene rings is 1. The Morgan fingerprint density at radius 1 is 1.27 bits per heavy atom. The fourth-order valence-electron chi connectivity index (χ4n) is 2.18. The van der Waals surface area contributed by atoms with Gasteiger partial charge in [-0.15, -0.1) is 0 Å². The molecule has 112 valence electrons. The van der Waals surface area contributed by atoms with Crippen molar-refractivity contribution in [1.82, 2.24) is 29.6 Å². The highest BCUT2D eigenvalue weighted by atomic mass is 16.2. The molecule has 0 radical (unpaired) electrons. The number of aromatic nitrogens is 5. The van der Waals surface area contributed by atoms with E-state index in [4.69, 9.17) is 0 Å². The highest BCUT2D eigenvalue weighted by molar-refractivity contribution is 5.79. The summed E-state index contributed by atoms with van der Waals surface area (Å²) >= 11 is 0. The fourth-order valence-corrected chi connectivity index (χ4v) is 2.18. The molecule has 1 N–H and O–H groups in total. The zero-order valence-corrected chi connectivity index (χ0v) is 12.1. The standard InChI is InChI=1S/C15H16N6O/c1-12(21-11-17-9-19-21)15(22)18-8-13-4-2-3-5-14(13)20-7-6-16-10-20/h2-7,9-12H,8H2,1H3,(H,18,22). The molecule has 2 aromatic heterocycles. The molecule has 7 heteroatoms. The third-order valence-corrected chi connectivity index (χ3v) is 3.44. The number of hydrogen-bond donors (Lipinski definition) is 1. The minimum atomic E-state index is -0.400. The van der Waals surface area contributed by atoms with Gasteiger partial charge in [-0.25, -0.2) is 14.6 Å². The fraction of sp³-hybridized carbons (Fsp3) is 0.200. The molecule has 3 rings (SSSR count). The van der Waals surface area contributed by atoms with Gasteiger partial charge in [0, 0.05) is 18.9 Å². The first-order valence-corrected chi connectivity index (χ1v) is 6.94. The van der Waals surface area contributed by atoms with Crippen molar-refractivity contribution < 1.29 is 4.79 Å². The van der Waals surface area contributed by atoms with Crippen molar-refractivity contribution in [2.45, 2.75) is 19.5 Å². The molecule has 1 unspecified atom stereocenters. The zero-order valence-electron chi connectivity index (χ0n) is 12.1. The number of carbonyl (C=O) groups excluding carboxylic acids is 1. The van der Waals surface area contributed by atoms with Crippen LogP contribution in [-0.4, -0.2) is 30.2 Å². The molecule has 0 saturated carbocycles. The summed E-state index contributed by atoms with van der Waals surface area (Å²) in [7, 11) is 0. The largest absolute Gasteiger partial charge is 0.350 e. The van der Waals surface area contributed by atoms with E-state index in [0.717, 1.165) is 11.3 Å². The minimum absolute atomic E-state index is 0.106. The van der Waals surface area contributed by atoms with E-state index in [2.05, 4.69) is 20.4 Å². The topological polar surface area (TPSA) is 77.6 Å². The third kappa shape index (κ3) is 2.88. The maximum absolute atomic E-state index is 12.2. The van der Waals surface area contributed by atoms with Crippen LogP contribution in [0.1, 0.15) is 18.5 Å². The number of imidazole rings is 1. The van der Waals surface area contributed by atoms with Crippen LogP contribution < -0.4 is 5.32 Å². The lowest BCUT2D eigenvalue weighted by Gasteiger charge is -2.14. The highest BCUT2D eigenvalue weighted by Crippen LogP contribution is 2.14. The Kier molecular flexibility index (Phi) is 3.95. The molecule has 0 saturated heterocycles. The summed E-state index contributed by atoms with van der Waals surface area (Å²) in [6.45, 7) is 2.22. The zero-order chi connectivity index (χ0) is 15.4. The monoisotopic (exact) mass is 296 g/mol. The molecule has 0 aliphatic heterocycles. The lowest BCUT2D eigenvalue weighted by molar-refractivity contribution is -0.124. The minimum Gasteiger partial charge on any atom is -0.350 e. The molecule has 0 aliphatic rings. The summed E-state index contributed by atoms with van der Waals surface area (Å²) in [5, 5.41) is 6.91. The van der Waals surface area contributed by atoms with Crippen LogP contribution in [0.2, 0.25) is 0 Å². The molecule has 7 nitrogen and oxygen atoms in total. The van der Waals surface area contributed by atoms with E-state index in [1.807, 2.05) is 35.0 Å². The molecule has 1 aromatic carbocycles. The Labute approximate surface area is 127 Å². The van der Waals surface area contributed by atoms with Crippen LogP contribution in [0.15, 0.2) is 55.6 Å². The van der Waals surface area contributed by atoms with Crippen LogP contribution in [0, 0.1) is 0 Å². The van der Waals surface area contributed by atoms with E-state index in [1.54, 1.807) is 19.4 Å². The van der Waals surface area contributed by atoms with Gasteiger partial charge in [0.1, 0.15) is 18.7 Å². The van der Waals surface area contributed by atoms with Gasteiger partial charge in [-0.1, -0.05) is 18.2 Å². The smallest absolute Gasteiger partial charge is 0.244 e. The summed E-state index contributed by atoms with van der Waals surface area (Å²) in [5.74, 6) is -0.106. The molecule has 0 fully saturated rings. The van der Waals surface area contributed by atoms with Crippen molar-refractivity contribution >= 4 is 5.91 Å². The van der Waals surface area contributed by atoms with Gasteiger partial charge in [0.05, 0.1) is 12.0 Å². The number of para-hydroxylation sites is 1. The van der Waals surface area contributed by atoms with E-state index in [0.29, 0.717) is 6.54 Å². The Hall–Kier alpha value is -2.96. The third-order valence-electron chi connectivity index (χ3n) is 3.44. The Morgan fingerprint density at radius 3 is 2.86 bits per heavy atom. The molecule has 2 heterocycles. The van der Waals surface area contributed by atoms with Crippen molar-refractivity contribution in [1.29, 1.82) is 0 Å². The molecule has 22 heavy (non-hydrogen) atoms. The van der Waals surface area contributed by atoms with Crippen LogP contribution >= 0.6 is 0 Å². The lowest BCUT2D eigenvalue weighted by atomic mass is 10.1. The van der Waals surface area contributed by atoms with Crippen molar-refractivity contribution in [3.8, 4) is 5.69 Å². The van der Waals surface area contributed by atoms with Crippen LogP contribution in [0.4, 0.5) is 0 Å². The molecule has 3 aromatic rings. The average molecular weight is 296 g/mol. The molecular formula is C15H16N6O. The van der Waals surface area contributed by atoms with Gasteiger partial charge >= 0.3 is 0 Å². The first-order chi connectivity index (χ1) is 10.8. The SMILES string of the molecule is CC(C(=O)NCc1ccccc1-n1ccnc1)n1cncn1. The summed E-state index contributed by atoms with van der Waals surface area (Å²) in [4.78, 5) is 20.1. The predicted octanol–water partition coefficient (Wildman–Crippen LogP) is 1.34. The summed E-state index contributed by atoms with van der Waals surface area (Å²) in [6.07, 6.45) is 8.28. The number of rotatable bonds is 5. The van der Waals surface area contributed by atoms with Crippen molar-refractivity contribution in [3.05, 3.63) is 61.2 Å². The summed E-state index contributed by atoms with van der Waals surface area (Å²) < 4.78 is 3.44. The Bertz CT molecular complexity index is 735. The highest BCUT2D eigenvalue weighted by Gasteiger charge is 2.15. The second-order valence-electron chi connectivity index (χ2n) is 4.87. The van der Waals surface area contributed by atoms with E-state index in [1.165, 1.54) is 17.3 Å². The van der Waals surface area contributed by atoms with E-state index in [-0.39, 0.29) is 5.91 Å². The number of nitrogens with zero attached hydrogens (tertiary/aromatic N) is 5. The van der Waals surface area contributed by atoms with Crippen LogP contribution in [0.25, 0.3) is 5.69 Å². The second kappa shape index (κ2) is 6.21. The van der Waals surface area contributed by atoms with Gasteiger partial charge in [0.15, 0.2) is 0 Å². The number of amides is 1. The van der Waals surface area contributed by atoms with E-state index >= 15 is 0 Å². The quantitative estimate of drug-likeness (QED) is 0.770. The van der Waals surface area contributed by atoms with Crippen LogP contribution in [-0.2, 0) is 11.3 Å². The van der Waals surface area contributed by atoms with Crippen molar-refractivity contribution in [3.63, 3.8) is 0 Å². The van der Waals surface area contributed by atoms with Gasteiger partial charge in [-0.2, -0.15) is 5.10 Å². The van der Waals surface area contributed by atoms with Crippen LogP contribution in [0.3, 0.4) is 0 Å². The number of nitrogens with one attached hydrogen (secondary N) is 1. The maximum atomic E-state index is 12.2. The van der Waals surface area contributed by atoms with E-state index < -0.39 is 6.04 Å². The molecule has 1 amide bonds. The van der Waals surface area contributed by atoms with Crippen molar-refractivity contribution in [2.24, 2.45) is 0 Å². The predicted molar refractivity (Wildman–Crippen MR) is 80.1 cm³/mol. The first kappa shape index (κ1) is 14.0. The summed E-state index contributed by atoms with van der Waals surface area (Å²) in [6, 6.07) is 7.48. The van der Waals surface area contributed by atoms with Gasteiger partial charge in [-0.05, 0) is 18.6 Å². The normalized spacial score (nSPS) is 12.0. The molecule has 0 bridgehead atoms. The Morgan fingerprint density at radius 2 is 2.14 bits per heavy atom.